The van der Waals surface area contributed by atoms with Crippen LogP contribution in [0.5, 0.6) is 5.75 Å². The first-order chi connectivity index (χ1) is 13.2. The summed E-state index contributed by atoms with van der Waals surface area (Å²) in [6.45, 7) is 6.03. The van der Waals surface area contributed by atoms with Crippen LogP contribution in [0.25, 0.3) is 0 Å². The summed E-state index contributed by atoms with van der Waals surface area (Å²) in [6.07, 6.45) is 1.38. The first-order valence-electron chi connectivity index (χ1n) is 9.66. The molecule has 0 atom stereocenters. The van der Waals surface area contributed by atoms with Crippen molar-refractivity contribution in [2.24, 2.45) is 0 Å². The van der Waals surface area contributed by atoms with Gasteiger partial charge in [0.25, 0.3) is 0 Å². The van der Waals surface area contributed by atoms with E-state index in [0.29, 0.717) is 6.42 Å². The third kappa shape index (κ3) is 6.00. The lowest BCUT2D eigenvalue weighted by atomic mass is 10.1. The molecule has 0 unspecified atom stereocenters. The lowest BCUT2D eigenvalue weighted by Gasteiger charge is -2.36. The first kappa shape index (κ1) is 19.2. The number of carbonyl (C=O) groups is 1. The molecule has 1 heterocycles. The molecule has 1 aliphatic rings. The topological polar surface area (TPSA) is 44.8 Å². The van der Waals surface area contributed by atoms with Crippen molar-refractivity contribution in [3.63, 3.8) is 0 Å². The predicted molar refractivity (Wildman–Crippen MR) is 109 cm³/mol. The average Bonchev–Trinajstić information content (AvgIpc) is 2.72. The number of nitrogens with zero attached hydrogens (tertiary/aromatic N) is 2. The van der Waals surface area contributed by atoms with Crippen LogP contribution in [0.4, 0.5) is 5.69 Å². The van der Waals surface area contributed by atoms with Gasteiger partial charge in [0, 0.05) is 38.4 Å². The van der Waals surface area contributed by atoms with Crippen LogP contribution in [0, 0.1) is 0 Å². The van der Waals surface area contributed by atoms with Gasteiger partial charge in [-0.25, -0.2) is 0 Å². The molecule has 27 heavy (non-hydrogen) atoms. The van der Waals surface area contributed by atoms with Crippen LogP contribution in [0.3, 0.4) is 0 Å². The summed E-state index contributed by atoms with van der Waals surface area (Å²) in [5, 5.41) is 3.03. The molecule has 2 aromatic carbocycles. The van der Waals surface area contributed by atoms with Gasteiger partial charge in [0.05, 0.1) is 13.5 Å². The summed E-state index contributed by atoms with van der Waals surface area (Å²) < 4.78 is 5.20. The Balaban J connectivity index is 1.31. The minimum Gasteiger partial charge on any atom is -0.497 e. The Kier molecular flexibility index (Phi) is 7.11. The van der Waals surface area contributed by atoms with Gasteiger partial charge in [0.2, 0.25) is 5.91 Å². The highest BCUT2D eigenvalue weighted by Crippen LogP contribution is 2.15. The van der Waals surface area contributed by atoms with E-state index in [4.69, 9.17) is 4.74 Å². The molecule has 0 radical (unpaired) electrons. The van der Waals surface area contributed by atoms with E-state index in [-0.39, 0.29) is 5.91 Å². The van der Waals surface area contributed by atoms with Crippen molar-refractivity contribution >= 4 is 11.6 Å². The number of hydrogen-bond donors (Lipinski definition) is 1. The van der Waals surface area contributed by atoms with Gasteiger partial charge in [-0.3, -0.25) is 9.69 Å². The van der Waals surface area contributed by atoms with Crippen molar-refractivity contribution in [3.8, 4) is 5.75 Å². The molecule has 0 saturated carbocycles. The minimum absolute atomic E-state index is 0.0668. The highest BCUT2D eigenvalue weighted by atomic mass is 16.5. The van der Waals surface area contributed by atoms with Crippen LogP contribution in [0.1, 0.15) is 12.0 Å². The van der Waals surface area contributed by atoms with E-state index in [0.717, 1.165) is 57.0 Å². The summed E-state index contributed by atoms with van der Waals surface area (Å²) in [4.78, 5) is 17.0. The summed E-state index contributed by atoms with van der Waals surface area (Å²) >= 11 is 0. The van der Waals surface area contributed by atoms with Gasteiger partial charge in [0.1, 0.15) is 5.75 Å². The summed E-state index contributed by atoms with van der Waals surface area (Å²) in [6, 6.07) is 18.3. The maximum Gasteiger partial charge on any atom is 0.224 e. The number of anilines is 1. The van der Waals surface area contributed by atoms with Crippen molar-refractivity contribution in [3.05, 3.63) is 60.2 Å². The summed E-state index contributed by atoms with van der Waals surface area (Å²) in [7, 11) is 1.64. The van der Waals surface area contributed by atoms with Gasteiger partial charge in [-0.05, 0) is 42.8 Å². The Morgan fingerprint density at radius 3 is 2.56 bits per heavy atom. The van der Waals surface area contributed by atoms with Gasteiger partial charge in [0.15, 0.2) is 0 Å². The van der Waals surface area contributed by atoms with Crippen molar-refractivity contribution in [1.29, 1.82) is 0 Å². The molecule has 0 spiro atoms. The lowest BCUT2D eigenvalue weighted by Crippen LogP contribution is -2.47. The molecule has 1 amide bonds. The number of piperazine rings is 1. The van der Waals surface area contributed by atoms with Gasteiger partial charge < -0.3 is 15.0 Å². The van der Waals surface area contributed by atoms with Crippen molar-refractivity contribution in [2.75, 3.05) is 51.3 Å². The number of nitrogens with one attached hydrogen (secondary N) is 1. The number of hydrogen-bond acceptors (Lipinski definition) is 4. The van der Waals surface area contributed by atoms with E-state index in [2.05, 4.69) is 45.4 Å². The highest BCUT2D eigenvalue weighted by molar-refractivity contribution is 5.78. The highest BCUT2D eigenvalue weighted by Gasteiger charge is 2.16. The van der Waals surface area contributed by atoms with Crippen LogP contribution >= 0.6 is 0 Å². The van der Waals surface area contributed by atoms with Crippen molar-refractivity contribution < 1.29 is 9.53 Å². The summed E-state index contributed by atoms with van der Waals surface area (Å²) in [5.74, 6) is 0.854. The van der Waals surface area contributed by atoms with E-state index < -0.39 is 0 Å². The smallest absolute Gasteiger partial charge is 0.224 e. The number of rotatable bonds is 8. The van der Waals surface area contributed by atoms with Gasteiger partial charge >= 0.3 is 0 Å². The van der Waals surface area contributed by atoms with E-state index >= 15 is 0 Å². The molecular formula is C22H29N3O2. The fourth-order valence-electron chi connectivity index (χ4n) is 3.43. The second-order valence-electron chi connectivity index (χ2n) is 6.90. The number of ether oxygens (including phenoxy) is 1. The van der Waals surface area contributed by atoms with Gasteiger partial charge in [-0.1, -0.05) is 30.3 Å². The Morgan fingerprint density at radius 2 is 1.81 bits per heavy atom. The fourth-order valence-corrected chi connectivity index (χ4v) is 3.43. The van der Waals surface area contributed by atoms with E-state index in [1.54, 1.807) is 7.11 Å². The number of amides is 1. The molecule has 1 N–H and O–H groups in total. The summed E-state index contributed by atoms with van der Waals surface area (Å²) in [5.41, 5.74) is 2.28. The van der Waals surface area contributed by atoms with Gasteiger partial charge in [-0.15, -0.1) is 0 Å². The molecule has 1 saturated heterocycles. The van der Waals surface area contributed by atoms with Crippen LogP contribution in [-0.4, -0.2) is 57.2 Å². The quantitative estimate of drug-likeness (QED) is 0.729. The number of para-hydroxylation sites is 1. The third-order valence-electron chi connectivity index (χ3n) is 4.97. The molecule has 0 aliphatic carbocycles. The van der Waals surface area contributed by atoms with Gasteiger partial charge in [-0.2, -0.15) is 0 Å². The largest absolute Gasteiger partial charge is 0.497 e. The molecule has 0 aromatic heterocycles. The first-order valence-corrected chi connectivity index (χ1v) is 9.66. The Labute approximate surface area is 161 Å². The second kappa shape index (κ2) is 9.97. The Hall–Kier alpha value is -2.53. The van der Waals surface area contributed by atoms with E-state index in [1.807, 2.05) is 24.3 Å². The van der Waals surface area contributed by atoms with E-state index in [9.17, 15) is 4.79 Å². The molecule has 1 fully saturated rings. The predicted octanol–water partition coefficient (Wildman–Crippen LogP) is 2.57. The maximum atomic E-state index is 12.1. The molecule has 0 bridgehead atoms. The van der Waals surface area contributed by atoms with E-state index in [1.165, 1.54) is 5.69 Å². The monoisotopic (exact) mass is 367 g/mol. The fraction of sp³-hybridized carbons (Fsp3) is 0.409. The molecule has 5 heteroatoms. The molecule has 1 aliphatic heterocycles. The average molecular weight is 367 g/mol. The minimum atomic E-state index is 0.0668. The normalized spacial score (nSPS) is 14.8. The third-order valence-corrected chi connectivity index (χ3v) is 4.97. The Morgan fingerprint density at radius 1 is 1.04 bits per heavy atom. The molecular weight excluding hydrogens is 338 g/mol. The zero-order valence-corrected chi connectivity index (χ0v) is 16.1. The van der Waals surface area contributed by atoms with Crippen molar-refractivity contribution in [1.82, 2.24) is 10.2 Å². The Bertz CT molecular complexity index is 713. The zero-order valence-electron chi connectivity index (χ0n) is 16.1. The van der Waals surface area contributed by atoms with Crippen LogP contribution in [0.2, 0.25) is 0 Å². The standard InChI is InChI=1S/C22H29N3O2/c1-27-21-10-5-7-19(17-21)18-22(26)23-11-6-12-24-13-15-25(16-14-24)20-8-3-2-4-9-20/h2-5,7-10,17H,6,11-16,18H2,1H3,(H,23,26). The van der Waals surface area contributed by atoms with Crippen molar-refractivity contribution in [2.45, 2.75) is 12.8 Å². The maximum absolute atomic E-state index is 12.1. The molecule has 144 valence electrons. The number of carbonyl (C=O) groups excluding carboxylic acids is 1. The molecule has 3 rings (SSSR count). The van der Waals surface area contributed by atoms with Crippen LogP contribution < -0.4 is 15.0 Å². The zero-order chi connectivity index (χ0) is 18.9. The molecule has 2 aromatic rings. The second-order valence-corrected chi connectivity index (χ2v) is 6.90. The number of methoxy groups -OCH3 is 1. The lowest BCUT2D eigenvalue weighted by molar-refractivity contribution is -0.120. The van der Waals surface area contributed by atoms with Crippen LogP contribution in [-0.2, 0) is 11.2 Å². The number of benzene rings is 2. The molecule has 5 nitrogen and oxygen atoms in total. The SMILES string of the molecule is COc1cccc(CC(=O)NCCCN2CCN(c3ccccc3)CC2)c1. The van der Waals surface area contributed by atoms with Crippen LogP contribution in [0.15, 0.2) is 54.6 Å².